The van der Waals surface area contributed by atoms with E-state index >= 15 is 0 Å². The Morgan fingerprint density at radius 3 is 1.93 bits per heavy atom. The Bertz CT molecular complexity index is 243. The molecular weight excluding hydrogens is 250 g/mol. The fraction of sp³-hybridized carbons (Fsp3) is 0.750. The summed E-state index contributed by atoms with van der Waals surface area (Å²) in [4.78, 5) is 22.8. The molecule has 0 aromatic rings. The summed E-state index contributed by atoms with van der Waals surface area (Å²) in [5.74, 6) is -1.50. The minimum atomic E-state index is -2.10. The molecule has 0 amide bonds. The number of hydrogen-bond acceptors (Lipinski definition) is 3. The van der Waals surface area contributed by atoms with E-state index in [2.05, 4.69) is 4.74 Å². The average Bonchev–Trinajstić information content (AvgIpc) is 2.01. The Kier molecular flexibility index (Phi) is 4.69. The van der Waals surface area contributed by atoms with Gasteiger partial charge in [-0.15, -0.1) is 0 Å². The number of alkyl halides is 3. The Labute approximate surface area is 97.6 Å². The van der Waals surface area contributed by atoms with Crippen molar-refractivity contribution in [2.45, 2.75) is 24.6 Å². The van der Waals surface area contributed by atoms with Gasteiger partial charge in [-0.1, -0.05) is 34.8 Å². The summed E-state index contributed by atoms with van der Waals surface area (Å²) >= 11 is 16.2. The van der Waals surface area contributed by atoms with E-state index in [1.165, 1.54) is 13.8 Å². The van der Waals surface area contributed by atoms with E-state index < -0.39 is 21.0 Å². The summed E-state index contributed by atoms with van der Waals surface area (Å²) < 4.78 is 2.59. The number of esters is 1. The van der Waals surface area contributed by atoms with E-state index in [1.807, 2.05) is 0 Å². The van der Waals surface area contributed by atoms with Gasteiger partial charge in [0.05, 0.1) is 6.61 Å². The van der Waals surface area contributed by atoms with E-state index in [0.717, 1.165) is 0 Å². The van der Waals surface area contributed by atoms with Gasteiger partial charge in [0.15, 0.2) is 0 Å². The van der Waals surface area contributed by atoms with Crippen LogP contribution in [0.25, 0.3) is 0 Å². The van der Waals surface area contributed by atoms with Gasteiger partial charge in [-0.05, 0) is 20.8 Å². The molecule has 0 N–H and O–H groups in total. The number of carbonyl (C=O) groups excluding carboxylic acids is 2. The van der Waals surface area contributed by atoms with Crippen LogP contribution in [0.2, 0.25) is 0 Å². The summed E-state index contributed by atoms with van der Waals surface area (Å²) in [7, 11) is 0. The number of hydrogen-bond donors (Lipinski definition) is 0. The van der Waals surface area contributed by atoms with Crippen LogP contribution in [0.3, 0.4) is 0 Å². The van der Waals surface area contributed by atoms with Gasteiger partial charge >= 0.3 is 5.97 Å². The van der Waals surface area contributed by atoms with Crippen LogP contribution in [0.4, 0.5) is 0 Å². The van der Waals surface area contributed by atoms with Crippen LogP contribution < -0.4 is 0 Å². The van der Waals surface area contributed by atoms with Crippen LogP contribution in [0.5, 0.6) is 0 Å². The topological polar surface area (TPSA) is 43.4 Å². The van der Waals surface area contributed by atoms with Gasteiger partial charge in [0.25, 0.3) is 0 Å². The van der Waals surface area contributed by atoms with Crippen molar-refractivity contribution in [2.75, 3.05) is 6.61 Å². The second kappa shape index (κ2) is 4.69. The highest BCUT2D eigenvalue weighted by Gasteiger charge is 2.47. The van der Waals surface area contributed by atoms with Crippen molar-refractivity contribution in [1.82, 2.24) is 0 Å². The second-order valence-corrected chi connectivity index (χ2v) is 5.45. The molecule has 0 heterocycles. The van der Waals surface area contributed by atoms with Gasteiger partial charge in [-0.2, -0.15) is 0 Å². The van der Waals surface area contributed by atoms with E-state index in [-0.39, 0.29) is 6.61 Å². The van der Waals surface area contributed by atoms with E-state index in [0.29, 0.717) is 0 Å². The maximum Gasteiger partial charge on any atom is 0.319 e. The fourth-order valence-corrected chi connectivity index (χ4v) is 1.47. The number of ether oxygens (including phenoxy) is 1. The zero-order chi connectivity index (χ0) is 11.6. The standard InChI is InChI=1S/C8H11Cl3O3/c1-4-14-6(13)7(2,3)5(12)8(9,10)11/h4H2,1-3H3. The summed E-state index contributed by atoms with van der Waals surface area (Å²) in [6.07, 6.45) is 0. The van der Waals surface area contributed by atoms with E-state index in [4.69, 9.17) is 34.8 Å². The molecule has 0 aromatic heterocycles. The van der Waals surface area contributed by atoms with Crippen LogP contribution in [-0.4, -0.2) is 22.2 Å². The quantitative estimate of drug-likeness (QED) is 0.445. The Balaban J connectivity index is 4.79. The van der Waals surface area contributed by atoms with Gasteiger partial charge in [0, 0.05) is 0 Å². The monoisotopic (exact) mass is 260 g/mol. The number of Topliss-reactive ketones (excluding diaryl/α,β-unsaturated/α-hetero) is 1. The average molecular weight is 262 g/mol. The molecule has 0 aliphatic heterocycles. The predicted molar refractivity (Wildman–Crippen MR) is 55.7 cm³/mol. The zero-order valence-electron chi connectivity index (χ0n) is 8.07. The van der Waals surface area contributed by atoms with Crippen molar-refractivity contribution in [1.29, 1.82) is 0 Å². The van der Waals surface area contributed by atoms with Gasteiger partial charge in [0.2, 0.25) is 9.58 Å². The highest BCUT2D eigenvalue weighted by atomic mass is 35.6. The third-order valence-corrected chi connectivity index (χ3v) is 2.13. The van der Waals surface area contributed by atoms with Crippen molar-refractivity contribution < 1.29 is 14.3 Å². The van der Waals surface area contributed by atoms with Crippen LogP contribution in [-0.2, 0) is 14.3 Å². The molecule has 0 aliphatic rings. The molecule has 14 heavy (non-hydrogen) atoms. The van der Waals surface area contributed by atoms with E-state index in [9.17, 15) is 9.59 Å². The van der Waals surface area contributed by atoms with Crippen LogP contribution in [0.15, 0.2) is 0 Å². The van der Waals surface area contributed by atoms with Crippen molar-refractivity contribution in [3.05, 3.63) is 0 Å². The molecule has 3 nitrogen and oxygen atoms in total. The lowest BCUT2D eigenvalue weighted by atomic mass is 9.89. The summed E-state index contributed by atoms with van der Waals surface area (Å²) in [5, 5.41) is 0. The number of halogens is 3. The first-order chi connectivity index (χ1) is 6.14. The first-order valence-electron chi connectivity index (χ1n) is 3.93. The van der Waals surface area contributed by atoms with Crippen LogP contribution >= 0.6 is 34.8 Å². The molecule has 0 radical (unpaired) electrons. The molecule has 0 aromatic carbocycles. The first kappa shape index (κ1) is 14.0. The van der Waals surface area contributed by atoms with Crippen molar-refractivity contribution in [2.24, 2.45) is 5.41 Å². The molecule has 0 spiro atoms. The third-order valence-electron chi connectivity index (χ3n) is 1.61. The smallest absolute Gasteiger partial charge is 0.319 e. The lowest BCUT2D eigenvalue weighted by molar-refractivity contribution is -0.157. The molecule has 0 rings (SSSR count). The summed E-state index contributed by atoms with van der Waals surface area (Å²) in [6, 6.07) is 0. The molecule has 0 saturated heterocycles. The van der Waals surface area contributed by atoms with Crippen LogP contribution in [0.1, 0.15) is 20.8 Å². The lowest BCUT2D eigenvalue weighted by Gasteiger charge is -2.24. The molecule has 82 valence electrons. The zero-order valence-corrected chi connectivity index (χ0v) is 10.3. The number of carbonyl (C=O) groups is 2. The minimum absolute atomic E-state index is 0.176. The fourth-order valence-electron chi connectivity index (χ4n) is 0.759. The molecule has 0 fully saturated rings. The maximum atomic E-state index is 11.5. The Morgan fingerprint density at radius 1 is 1.21 bits per heavy atom. The highest BCUT2D eigenvalue weighted by Crippen LogP contribution is 2.36. The third kappa shape index (κ3) is 3.30. The van der Waals surface area contributed by atoms with Crippen LogP contribution in [0, 0.1) is 5.41 Å². The lowest BCUT2D eigenvalue weighted by Crippen LogP contribution is -2.41. The summed E-state index contributed by atoms with van der Waals surface area (Å²) in [5.41, 5.74) is -1.44. The Hall–Kier alpha value is 0.01000. The minimum Gasteiger partial charge on any atom is -0.465 e. The van der Waals surface area contributed by atoms with Crippen molar-refractivity contribution in [3.63, 3.8) is 0 Å². The molecule has 6 heteroatoms. The molecule has 0 aliphatic carbocycles. The molecule has 0 unspecified atom stereocenters. The van der Waals surface area contributed by atoms with Gasteiger partial charge in [-0.25, -0.2) is 0 Å². The molecule has 0 bridgehead atoms. The van der Waals surface area contributed by atoms with Gasteiger partial charge in [-0.3, -0.25) is 9.59 Å². The predicted octanol–water partition coefficient (Wildman–Crippen LogP) is 2.52. The number of rotatable bonds is 3. The largest absolute Gasteiger partial charge is 0.465 e. The van der Waals surface area contributed by atoms with Gasteiger partial charge < -0.3 is 4.74 Å². The molecule has 0 saturated carbocycles. The highest BCUT2D eigenvalue weighted by molar-refractivity contribution is 6.77. The first-order valence-corrected chi connectivity index (χ1v) is 5.06. The second-order valence-electron chi connectivity index (χ2n) is 3.17. The number of ketones is 1. The normalized spacial score (nSPS) is 12.4. The molecule has 0 atom stereocenters. The summed E-state index contributed by atoms with van der Waals surface area (Å²) in [6.45, 7) is 4.52. The SMILES string of the molecule is CCOC(=O)C(C)(C)C(=O)C(Cl)(Cl)Cl. The van der Waals surface area contributed by atoms with Crippen molar-refractivity contribution >= 4 is 46.6 Å². The maximum absolute atomic E-state index is 11.5. The Morgan fingerprint density at radius 2 is 1.64 bits per heavy atom. The van der Waals surface area contributed by atoms with E-state index in [1.54, 1.807) is 6.92 Å². The van der Waals surface area contributed by atoms with Gasteiger partial charge in [0.1, 0.15) is 5.41 Å². The van der Waals surface area contributed by atoms with Crippen molar-refractivity contribution in [3.8, 4) is 0 Å². The molecular formula is C8H11Cl3O3.